The third-order valence-corrected chi connectivity index (χ3v) is 6.11. The first-order valence-electron chi connectivity index (χ1n) is 9.65. The van der Waals surface area contributed by atoms with E-state index >= 15 is 0 Å². The molecule has 0 saturated carbocycles. The number of para-hydroxylation sites is 1. The number of nitrogens with one attached hydrogen (secondary N) is 1. The monoisotopic (exact) mass is 358 g/mol. The molecule has 4 nitrogen and oxygen atoms in total. The summed E-state index contributed by atoms with van der Waals surface area (Å²) in [6, 6.07) is 15.7. The van der Waals surface area contributed by atoms with Gasteiger partial charge in [0.1, 0.15) is 0 Å². The van der Waals surface area contributed by atoms with Gasteiger partial charge < -0.3 is 0 Å². The van der Waals surface area contributed by atoms with Crippen molar-refractivity contribution in [3.8, 4) is 0 Å². The van der Waals surface area contributed by atoms with Gasteiger partial charge in [0.15, 0.2) is 11.3 Å². The van der Waals surface area contributed by atoms with Crippen molar-refractivity contribution in [1.29, 1.82) is 0 Å². The van der Waals surface area contributed by atoms with Crippen LogP contribution in [-0.4, -0.2) is 21.8 Å². The fourth-order valence-electron chi connectivity index (χ4n) is 4.62. The second-order valence-electron chi connectivity index (χ2n) is 7.77. The summed E-state index contributed by atoms with van der Waals surface area (Å²) < 4.78 is 1.85. The summed E-state index contributed by atoms with van der Waals surface area (Å²) in [6.07, 6.45) is 4.12. The summed E-state index contributed by atoms with van der Waals surface area (Å²) in [5.41, 5.74) is 3.64. The standard InChI is InChI=1S/C23H22N2O2/c1-23(24-14-15-8-3-2-4-9-15)21(26)18-12-7-11-17-16-10-5-6-13-19(16)25(20(17)18)22(23)27/h2-4,7-9,11-12,24H,5-6,10,13-14H2,1H3. The first-order chi connectivity index (χ1) is 13.1. The lowest BCUT2D eigenvalue weighted by Gasteiger charge is -2.33. The van der Waals surface area contributed by atoms with E-state index in [9.17, 15) is 9.59 Å². The normalized spacial score (nSPS) is 21.5. The molecule has 0 amide bonds. The molecule has 1 aliphatic heterocycles. The number of aromatic nitrogens is 1. The second-order valence-corrected chi connectivity index (χ2v) is 7.77. The van der Waals surface area contributed by atoms with Crippen molar-refractivity contribution in [2.24, 2.45) is 0 Å². The number of nitrogens with zero attached hydrogens (tertiary/aromatic N) is 1. The third kappa shape index (κ3) is 2.26. The Kier molecular flexibility index (Phi) is 3.59. The van der Waals surface area contributed by atoms with E-state index in [0.29, 0.717) is 12.1 Å². The molecule has 2 aromatic carbocycles. The molecule has 0 spiro atoms. The Bertz CT molecular complexity index is 1080. The molecule has 0 fully saturated rings. The maximum atomic E-state index is 13.6. The van der Waals surface area contributed by atoms with Crippen LogP contribution in [0.1, 0.15) is 51.7 Å². The van der Waals surface area contributed by atoms with E-state index in [1.807, 2.05) is 47.0 Å². The highest BCUT2D eigenvalue weighted by atomic mass is 16.2. The largest absolute Gasteiger partial charge is 0.293 e. The highest BCUT2D eigenvalue weighted by molar-refractivity contribution is 6.27. The lowest BCUT2D eigenvalue weighted by Crippen LogP contribution is -2.59. The van der Waals surface area contributed by atoms with Crippen molar-refractivity contribution in [3.05, 3.63) is 70.9 Å². The maximum absolute atomic E-state index is 13.6. The van der Waals surface area contributed by atoms with Gasteiger partial charge in [-0.25, -0.2) is 0 Å². The molecule has 0 bridgehead atoms. The molecule has 2 aliphatic rings. The SMILES string of the molecule is CC1(NCc2ccccc2)C(=O)c2cccc3c4c(n(c23)C1=O)CCCC4. The molecule has 5 rings (SSSR count). The van der Waals surface area contributed by atoms with Crippen LogP contribution in [0, 0.1) is 0 Å². The van der Waals surface area contributed by atoms with Crippen LogP contribution in [0.4, 0.5) is 0 Å². The first-order valence-corrected chi connectivity index (χ1v) is 9.65. The summed E-state index contributed by atoms with van der Waals surface area (Å²) in [5, 5.41) is 4.35. The van der Waals surface area contributed by atoms with Gasteiger partial charge in [0.05, 0.1) is 5.52 Å². The molecular weight excluding hydrogens is 336 g/mol. The van der Waals surface area contributed by atoms with Gasteiger partial charge in [0.2, 0.25) is 0 Å². The van der Waals surface area contributed by atoms with E-state index in [1.165, 1.54) is 5.56 Å². The van der Waals surface area contributed by atoms with Crippen LogP contribution in [0.15, 0.2) is 48.5 Å². The molecule has 4 heteroatoms. The smallest absolute Gasteiger partial charge is 0.259 e. The predicted octanol–water partition coefficient (Wildman–Crippen LogP) is 3.91. The summed E-state index contributed by atoms with van der Waals surface area (Å²) >= 11 is 0. The molecule has 27 heavy (non-hydrogen) atoms. The van der Waals surface area contributed by atoms with E-state index in [4.69, 9.17) is 0 Å². The van der Waals surface area contributed by atoms with Gasteiger partial charge in [-0.3, -0.25) is 19.5 Å². The van der Waals surface area contributed by atoms with Crippen molar-refractivity contribution in [2.45, 2.75) is 44.7 Å². The zero-order chi connectivity index (χ0) is 18.6. The topological polar surface area (TPSA) is 51.1 Å². The van der Waals surface area contributed by atoms with Crippen LogP contribution < -0.4 is 5.32 Å². The number of hydrogen-bond acceptors (Lipinski definition) is 3. The van der Waals surface area contributed by atoms with Crippen molar-refractivity contribution >= 4 is 22.6 Å². The van der Waals surface area contributed by atoms with Crippen molar-refractivity contribution in [3.63, 3.8) is 0 Å². The van der Waals surface area contributed by atoms with E-state index in [1.54, 1.807) is 6.92 Å². The molecule has 1 aromatic heterocycles. The van der Waals surface area contributed by atoms with Crippen LogP contribution in [-0.2, 0) is 19.4 Å². The Morgan fingerprint density at radius 2 is 1.78 bits per heavy atom. The number of benzene rings is 2. The lowest BCUT2D eigenvalue weighted by molar-refractivity contribution is 0.0674. The first kappa shape index (κ1) is 16.5. The molecule has 1 atom stereocenters. The minimum Gasteiger partial charge on any atom is -0.293 e. The van der Waals surface area contributed by atoms with E-state index in [0.717, 1.165) is 47.8 Å². The molecule has 136 valence electrons. The zero-order valence-electron chi connectivity index (χ0n) is 15.4. The number of rotatable bonds is 3. The number of carbonyl (C=O) groups is 2. The van der Waals surface area contributed by atoms with Crippen LogP contribution in [0.25, 0.3) is 10.9 Å². The lowest BCUT2D eigenvalue weighted by atomic mass is 9.86. The van der Waals surface area contributed by atoms with Gasteiger partial charge in [0, 0.05) is 23.2 Å². The minimum absolute atomic E-state index is 0.128. The Balaban J connectivity index is 1.64. The van der Waals surface area contributed by atoms with Crippen LogP contribution >= 0.6 is 0 Å². The molecular formula is C23H22N2O2. The molecule has 0 radical (unpaired) electrons. The van der Waals surface area contributed by atoms with Gasteiger partial charge in [-0.05, 0) is 49.8 Å². The zero-order valence-corrected chi connectivity index (χ0v) is 15.4. The molecule has 2 heterocycles. The van der Waals surface area contributed by atoms with Gasteiger partial charge in [-0.15, -0.1) is 0 Å². The Morgan fingerprint density at radius 1 is 1.00 bits per heavy atom. The number of Topliss-reactive ketones (excluding diaryl/α,β-unsaturated/α-hetero) is 1. The Morgan fingerprint density at radius 3 is 2.59 bits per heavy atom. The quantitative estimate of drug-likeness (QED) is 0.723. The summed E-state index contributed by atoms with van der Waals surface area (Å²) in [7, 11) is 0. The number of fused-ring (bicyclic) bond motifs is 3. The highest BCUT2D eigenvalue weighted by Gasteiger charge is 2.48. The summed E-state index contributed by atoms with van der Waals surface area (Å²) in [6.45, 7) is 2.21. The minimum atomic E-state index is -1.25. The molecule has 1 aliphatic carbocycles. The summed E-state index contributed by atoms with van der Waals surface area (Å²) in [5.74, 6) is -0.272. The molecule has 1 N–H and O–H groups in total. The van der Waals surface area contributed by atoms with Crippen molar-refractivity contribution < 1.29 is 9.59 Å². The van der Waals surface area contributed by atoms with Gasteiger partial charge in [-0.2, -0.15) is 0 Å². The van der Waals surface area contributed by atoms with Gasteiger partial charge >= 0.3 is 0 Å². The van der Waals surface area contributed by atoms with E-state index < -0.39 is 5.54 Å². The molecule has 3 aromatic rings. The number of aryl methyl sites for hydroxylation is 1. The maximum Gasteiger partial charge on any atom is 0.259 e. The Labute approximate surface area is 158 Å². The fourth-order valence-corrected chi connectivity index (χ4v) is 4.62. The predicted molar refractivity (Wildman–Crippen MR) is 105 cm³/mol. The van der Waals surface area contributed by atoms with Crippen molar-refractivity contribution in [1.82, 2.24) is 9.88 Å². The van der Waals surface area contributed by atoms with Crippen molar-refractivity contribution in [2.75, 3.05) is 0 Å². The van der Waals surface area contributed by atoms with Gasteiger partial charge in [0.25, 0.3) is 5.91 Å². The molecule has 0 saturated heterocycles. The average molecular weight is 358 g/mol. The van der Waals surface area contributed by atoms with E-state index in [2.05, 4.69) is 11.4 Å². The van der Waals surface area contributed by atoms with E-state index in [-0.39, 0.29) is 11.7 Å². The number of hydrogen-bond donors (Lipinski definition) is 1. The fraction of sp³-hybridized carbons (Fsp3) is 0.304. The number of ketones is 1. The van der Waals surface area contributed by atoms with Crippen LogP contribution in [0.5, 0.6) is 0 Å². The van der Waals surface area contributed by atoms with Crippen LogP contribution in [0.3, 0.4) is 0 Å². The van der Waals surface area contributed by atoms with Crippen LogP contribution in [0.2, 0.25) is 0 Å². The van der Waals surface area contributed by atoms with Gasteiger partial charge in [-0.1, -0.05) is 42.5 Å². The third-order valence-electron chi connectivity index (χ3n) is 6.11. The second kappa shape index (κ2) is 5.89. The Hall–Kier alpha value is -2.72. The molecule has 1 unspecified atom stereocenters. The average Bonchev–Trinajstić information content (AvgIpc) is 3.05. The highest BCUT2D eigenvalue weighted by Crippen LogP contribution is 2.38. The number of carbonyl (C=O) groups excluding carboxylic acids is 2. The summed E-state index contributed by atoms with van der Waals surface area (Å²) in [4.78, 5) is 26.9.